The third-order valence-electron chi connectivity index (χ3n) is 4.87. The van der Waals surface area contributed by atoms with Crippen molar-refractivity contribution >= 4 is 11.8 Å². The zero-order valence-electron chi connectivity index (χ0n) is 16.7. The molecule has 1 saturated carbocycles. The second kappa shape index (κ2) is 9.75. The summed E-state index contributed by atoms with van der Waals surface area (Å²) in [4.78, 5) is 24.6. The molecule has 0 heterocycles. The van der Waals surface area contributed by atoms with Gasteiger partial charge in [-0.1, -0.05) is 44.5 Å². The van der Waals surface area contributed by atoms with Crippen LogP contribution in [0, 0.1) is 11.8 Å². The summed E-state index contributed by atoms with van der Waals surface area (Å²) in [7, 11) is 0. The van der Waals surface area contributed by atoms with Gasteiger partial charge in [0.1, 0.15) is 0 Å². The molecule has 2 unspecified atom stereocenters. The van der Waals surface area contributed by atoms with Crippen molar-refractivity contribution in [3.8, 4) is 0 Å². The van der Waals surface area contributed by atoms with Crippen LogP contribution in [-0.2, 0) is 22.4 Å². The molecular weight excluding hydrogens is 324 g/mol. The van der Waals surface area contributed by atoms with Gasteiger partial charge < -0.3 is 10.6 Å². The molecule has 0 bridgehead atoms. The van der Waals surface area contributed by atoms with Gasteiger partial charge in [0.15, 0.2) is 0 Å². The molecule has 1 aliphatic rings. The Morgan fingerprint density at radius 1 is 1.04 bits per heavy atom. The van der Waals surface area contributed by atoms with Crippen LogP contribution in [-0.4, -0.2) is 23.9 Å². The summed E-state index contributed by atoms with van der Waals surface area (Å²) in [5.41, 5.74) is 2.36. The van der Waals surface area contributed by atoms with Crippen molar-refractivity contribution < 1.29 is 9.59 Å². The normalized spacial score (nSPS) is 20.2. The molecular formula is C22H34N2O2. The maximum absolute atomic E-state index is 12.4. The molecule has 4 heteroatoms. The molecule has 0 saturated heterocycles. The first-order valence-corrected chi connectivity index (χ1v) is 10.0. The summed E-state index contributed by atoms with van der Waals surface area (Å²) in [6.45, 7) is 8.37. The minimum atomic E-state index is 0.0202. The first-order chi connectivity index (χ1) is 12.3. The number of hydrogen-bond acceptors (Lipinski definition) is 2. The average Bonchev–Trinajstić information content (AvgIpc) is 2.55. The van der Waals surface area contributed by atoms with E-state index in [2.05, 4.69) is 48.7 Å². The van der Waals surface area contributed by atoms with Crippen molar-refractivity contribution in [3.05, 3.63) is 35.4 Å². The van der Waals surface area contributed by atoms with Crippen molar-refractivity contribution in [3.63, 3.8) is 0 Å². The van der Waals surface area contributed by atoms with Gasteiger partial charge in [-0.25, -0.2) is 0 Å². The highest BCUT2D eigenvalue weighted by Gasteiger charge is 2.28. The van der Waals surface area contributed by atoms with E-state index in [9.17, 15) is 9.59 Å². The van der Waals surface area contributed by atoms with E-state index in [0.717, 1.165) is 37.7 Å². The minimum Gasteiger partial charge on any atom is -0.354 e. The van der Waals surface area contributed by atoms with Crippen molar-refractivity contribution in [1.82, 2.24) is 10.6 Å². The Morgan fingerprint density at radius 3 is 2.31 bits per heavy atom. The van der Waals surface area contributed by atoms with E-state index in [-0.39, 0.29) is 29.8 Å². The van der Waals surface area contributed by atoms with Gasteiger partial charge in [-0.2, -0.15) is 0 Å². The molecule has 2 rings (SSSR count). The number of carbonyl (C=O) groups excluding carboxylic acids is 2. The first kappa shape index (κ1) is 20.5. The molecule has 2 N–H and O–H groups in total. The molecule has 4 nitrogen and oxygen atoms in total. The van der Waals surface area contributed by atoms with E-state index in [1.807, 2.05) is 13.8 Å². The molecule has 0 aliphatic heterocycles. The summed E-state index contributed by atoms with van der Waals surface area (Å²) in [5, 5.41) is 6.13. The van der Waals surface area contributed by atoms with E-state index in [0.29, 0.717) is 12.3 Å². The fourth-order valence-corrected chi connectivity index (χ4v) is 3.69. The summed E-state index contributed by atoms with van der Waals surface area (Å²) in [6, 6.07) is 8.62. The van der Waals surface area contributed by atoms with Crippen LogP contribution < -0.4 is 10.6 Å². The molecule has 0 aromatic heterocycles. The average molecular weight is 359 g/mol. The van der Waals surface area contributed by atoms with Gasteiger partial charge in [-0.05, 0) is 56.6 Å². The van der Waals surface area contributed by atoms with Crippen molar-refractivity contribution in [2.75, 3.05) is 0 Å². The van der Waals surface area contributed by atoms with Crippen LogP contribution in [0.25, 0.3) is 0 Å². The molecule has 1 fully saturated rings. The number of carbonyl (C=O) groups is 2. The third kappa shape index (κ3) is 6.81. The Morgan fingerprint density at radius 2 is 1.69 bits per heavy atom. The van der Waals surface area contributed by atoms with Gasteiger partial charge in [0, 0.05) is 18.0 Å². The summed E-state index contributed by atoms with van der Waals surface area (Å²) < 4.78 is 0. The maximum atomic E-state index is 12.4. The van der Waals surface area contributed by atoms with Gasteiger partial charge in [0.2, 0.25) is 11.8 Å². The molecule has 0 radical (unpaired) electrons. The Labute approximate surface area is 158 Å². The van der Waals surface area contributed by atoms with Gasteiger partial charge in [-0.15, -0.1) is 0 Å². The fourth-order valence-electron chi connectivity index (χ4n) is 3.69. The van der Waals surface area contributed by atoms with Crippen LogP contribution in [0.2, 0.25) is 0 Å². The van der Waals surface area contributed by atoms with Crippen LogP contribution in [0.15, 0.2) is 24.3 Å². The maximum Gasteiger partial charge on any atom is 0.224 e. The van der Waals surface area contributed by atoms with Crippen molar-refractivity contribution in [1.29, 1.82) is 0 Å². The van der Waals surface area contributed by atoms with E-state index in [1.54, 1.807) is 0 Å². The van der Waals surface area contributed by atoms with E-state index >= 15 is 0 Å². The Hall–Kier alpha value is -1.84. The van der Waals surface area contributed by atoms with Gasteiger partial charge in [0.05, 0.1) is 6.42 Å². The fraction of sp³-hybridized carbons (Fsp3) is 0.636. The molecule has 26 heavy (non-hydrogen) atoms. The standard InChI is InChI=1S/C22H34N2O2/c1-15(2)12-17-8-10-18(11-9-17)13-21(25)24-20-7-5-6-19(14-20)22(26)23-16(3)4/h8-11,15-16,19-20H,5-7,12-14H2,1-4H3,(H,23,26)(H,24,25). The molecule has 0 spiro atoms. The van der Waals surface area contributed by atoms with Crippen LogP contribution in [0.5, 0.6) is 0 Å². The number of nitrogens with one attached hydrogen (secondary N) is 2. The second-order valence-electron chi connectivity index (χ2n) is 8.38. The topological polar surface area (TPSA) is 58.2 Å². The molecule has 144 valence electrons. The largest absolute Gasteiger partial charge is 0.354 e. The lowest BCUT2D eigenvalue weighted by atomic mass is 9.85. The van der Waals surface area contributed by atoms with Crippen molar-refractivity contribution in [2.24, 2.45) is 11.8 Å². The molecule has 2 amide bonds. The quantitative estimate of drug-likeness (QED) is 0.782. The van der Waals surface area contributed by atoms with Gasteiger partial charge >= 0.3 is 0 Å². The zero-order valence-corrected chi connectivity index (χ0v) is 16.7. The third-order valence-corrected chi connectivity index (χ3v) is 4.87. The van der Waals surface area contributed by atoms with Gasteiger partial charge in [-0.3, -0.25) is 9.59 Å². The number of rotatable bonds is 7. The van der Waals surface area contributed by atoms with Crippen LogP contribution in [0.1, 0.15) is 64.5 Å². The van der Waals surface area contributed by atoms with E-state index in [1.165, 1.54) is 5.56 Å². The lowest BCUT2D eigenvalue weighted by Gasteiger charge is -2.29. The summed E-state index contributed by atoms with van der Waals surface area (Å²) in [6.07, 6.45) is 5.09. The lowest BCUT2D eigenvalue weighted by molar-refractivity contribution is -0.128. The molecule has 1 aliphatic carbocycles. The van der Waals surface area contributed by atoms with Crippen LogP contribution in [0.3, 0.4) is 0 Å². The Kier molecular flexibility index (Phi) is 7.67. The predicted molar refractivity (Wildman–Crippen MR) is 106 cm³/mol. The molecule has 2 atom stereocenters. The van der Waals surface area contributed by atoms with E-state index < -0.39 is 0 Å². The Balaban J connectivity index is 1.82. The highest BCUT2D eigenvalue weighted by atomic mass is 16.2. The number of benzene rings is 1. The summed E-state index contributed by atoms with van der Waals surface area (Å²) in [5.74, 6) is 0.833. The number of hydrogen-bond donors (Lipinski definition) is 2. The predicted octanol–water partition coefficient (Wildman–Crippen LogP) is 3.63. The molecule has 1 aromatic carbocycles. The lowest BCUT2D eigenvalue weighted by Crippen LogP contribution is -2.44. The highest BCUT2D eigenvalue weighted by Crippen LogP contribution is 2.24. The SMILES string of the molecule is CC(C)Cc1ccc(CC(=O)NC2CCCC(C(=O)NC(C)C)C2)cc1. The Bertz CT molecular complexity index is 593. The highest BCUT2D eigenvalue weighted by molar-refractivity contribution is 5.80. The first-order valence-electron chi connectivity index (χ1n) is 10.0. The second-order valence-corrected chi connectivity index (χ2v) is 8.38. The summed E-state index contributed by atoms with van der Waals surface area (Å²) >= 11 is 0. The van der Waals surface area contributed by atoms with Crippen molar-refractivity contribution in [2.45, 2.75) is 78.3 Å². The van der Waals surface area contributed by atoms with Crippen LogP contribution in [0.4, 0.5) is 0 Å². The number of amides is 2. The smallest absolute Gasteiger partial charge is 0.224 e. The van der Waals surface area contributed by atoms with Crippen LogP contribution >= 0.6 is 0 Å². The minimum absolute atomic E-state index is 0.0202. The molecule has 1 aromatic rings. The zero-order chi connectivity index (χ0) is 19.1. The monoisotopic (exact) mass is 358 g/mol. The van der Waals surface area contributed by atoms with Gasteiger partial charge in [0.25, 0.3) is 0 Å². The van der Waals surface area contributed by atoms with E-state index in [4.69, 9.17) is 0 Å².